The first-order chi connectivity index (χ1) is 11.6. The van der Waals surface area contributed by atoms with E-state index in [0.29, 0.717) is 17.9 Å². The normalized spacial score (nSPS) is 10.4. The molecule has 0 atom stereocenters. The molecule has 2 aromatic carbocycles. The van der Waals surface area contributed by atoms with E-state index in [4.69, 9.17) is 4.74 Å². The van der Waals surface area contributed by atoms with Crippen molar-refractivity contribution in [3.8, 4) is 5.75 Å². The van der Waals surface area contributed by atoms with E-state index in [1.807, 2.05) is 48.1 Å². The number of aryl methyl sites for hydroxylation is 1. The molecule has 0 aliphatic heterocycles. The molecule has 0 N–H and O–H groups in total. The molecule has 1 heterocycles. The monoisotopic (exact) mass is 321 g/mol. The van der Waals surface area contributed by atoms with Crippen LogP contribution < -0.4 is 9.64 Å². The molecule has 0 saturated carbocycles. The number of nitrogens with zero attached hydrogens (tertiary/aromatic N) is 3. The lowest BCUT2D eigenvalue weighted by molar-refractivity contribution is 0.0993. The zero-order valence-electron chi connectivity index (χ0n) is 13.7. The van der Waals surface area contributed by atoms with E-state index in [9.17, 15) is 4.79 Å². The third-order valence-corrected chi connectivity index (χ3v) is 3.84. The van der Waals surface area contributed by atoms with Crippen molar-refractivity contribution in [1.29, 1.82) is 0 Å². The molecule has 0 bridgehead atoms. The number of ether oxygens (including phenoxy) is 1. The Hall–Kier alpha value is -3.08. The Morgan fingerprint density at radius 3 is 2.46 bits per heavy atom. The van der Waals surface area contributed by atoms with Crippen molar-refractivity contribution >= 4 is 11.6 Å². The second kappa shape index (κ2) is 7.00. The van der Waals surface area contributed by atoms with Gasteiger partial charge < -0.3 is 14.2 Å². The van der Waals surface area contributed by atoms with E-state index >= 15 is 0 Å². The Morgan fingerprint density at radius 1 is 1.12 bits per heavy atom. The maximum absolute atomic E-state index is 12.5. The van der Waals surface area contributed by atoms with Gasteiger partial charge >= 0.3 is 0 Å². The molecule has 1 aromatic heterocycles. The minimum absolute atomic E-state index is 0.0585. The highest BCUT2D eigenvalue weighted by molar-refractivity contribution is 6.05. The lowest BCUT2D eigenvalue weighted by Gasteiger charge is -2.17. The van der Waals surface area contributed by atoms with Crippen molar-refractivity contribution < 1.29 is 9.53 Å². The molecule has 0 saturated heterocycles. The van der Waals surface area contributed by atoms with Crippen LogP contribution in [0.15, 0.2) is 67.0 Å². The number of carbonyl (C=O) groups excluding carboxylic acids is 1. The van der Waals surface area contributed by atoms with Crippen LogP contribution in [0.25, 0.3) is 0 Å². The van der Waals surface area contributed by atoms with Crippen molar-refractivity contribution in [3.05, 3.63) is 78.4 Å². The number of imidazole rings is 1. The van der Waals surface area contributed by atoms with Gasteiger partial charge in [-0.1, -0.05) is 18.2 Å². The molecule has 122 valence electrons. The summed E-state index contributed by atoms with van der Waals surface area (Å²) in [6, 6.07) is 16.7. The number of anilines is 1. The van der Waals surface area contributed by atoms with Gasteiger partial charge in [0.25, 0.3) is 5.91 Å². The Bertz CT molecular complexity index is 810. The number of rotatable bonds is 5. The van der Waals surface area contributed by atoms with Crippen LogP contribution in [0.5, 0.6) is 5.75 Å². The number of carbonyl (C=O) groups is 1. The van der Waals surface area contributed by atoms with E-state index < -0.39 is 0 Å². The van der Waals surface area contributed by atoms with E-state index in [1.54, 1.807) is 42.4 Å². The van der Waals surface area contributed by atoms with Gasteiger partial charge in [-0.25, -0.2) is 4.98 Å². The first-order valence-corrected chi connectivity index (χ1v) is 7.67. The molecule has 1 amide bonds. The predicted molar refractivity (Wildman–Crippen MR) is 93.2 cm³/mol. The molecule has 0 unspecified atom stereocenters. The van der Waals surface area contributed by atoms with E-state index in [0.717, 1.165) is 11.5 Å². The van der Waals surface area contributed by atoms with Gasteiger partial charge in [0.05, 0.1) is 0 Å². The molecule has 0 aliphatic rings. The lowest BCUT2D eigenvalue weighted by Crippen LogP contribution is -2.25. The second-order valence-electron chi connectivity index (χ2n) is 5.47. The first kappa shape index (κ1) is 15.8. The maximum atomic E-state index is 12.5. The van der Waals surface area contributed by atoms with Crippen LogP contribution in [0.1, 0.15) is 16.2 Å². The van der Waals surface area contributed by atoms with Gasteiger partial charge in [-0.3, -0.25) is 4.79 Å². The lowest BCUT2D eigenvalue weighted by atomic mass is 10.2. The van der Waals surface area contributed by atoms with Crippen LogP contribution in [-0.2, 0) is 13.7 Å². The van der Waals surface area contributed by atoms with Crippen molar-refractivity contribution in [2.45, 2.75) is 6.61 Å². The summed E-state index contributed by atoms with van der Waals surface area (Å²) in [6.07, 6.45) is 3.61. The molecule has 24 heavy (non-hydrogen) atoms. The highest BCUT2D eigenvalue weighted by atomic mass is 16.5. The van der Waals surface area contributed by atoms with Crippen molar-refractivity contribution in [2.24, 2.45) is 7.05 Å². The summed E-state index contributed by atoms with van der Waals surface area (Å²) in [5, 5.41) is 0. The number of amides is 1. The second-order valence-corrected chi connectivity index (χ2v) is 5.47. The number of hydrogen-bond donors (Lipinski definition) is 0. The average molecular weight is 321 g/mol. The molecule has 3 rings (SSSR count). The van der Waals surface area contributed by atoms with Gasteiger partial charge in [0.1, 0.15) is 18.2 Å². The predicted octanol–water partition coefficient (Wildman–Crippen LogP) is 3.28. The van der Waals surface area contributed by atoms with Gasteiger partial charge in [0, 0.05) is 37.7 Å². The first-order valence-electron chi connectivity index (χ1n) is 7.67. The summed E-state index contributed by atoms with van der Waals surface area (Å²) < 4.78 is 7.61. The summed E-state index contributed by atoms with van der Waals surface area (Å²) in [6.45, 7) is 0.390. The molecule has 0 fully saturated rings. The Balaban J connectivity index is 1.65. The highest BCUT2D eigenvalue weighted by Crippen LogP contribution is 2.18. The summed E-state index contributed by atoms with van der Waals surface area (Å²) in [4.78, 5) is 18.4. The van der Waals surface area contributed by atoms with Gasteiger partial charge in [-0.2, -0.15) is 0 Å². The highest BCUT2D eigenvalue weighted by Gasteiger charge is 2.13. The largest absolute Gasteiger partial charge is 0.486 e. The topological polar surface area (TPSA) is 47.4 Å². The van der Waals surface area contributed by atoms with Crippen LogP contribution in [0.3, 0.4) is 0 Å². The van der Waals surface area contributed by atoms with Gasteiger partial charge in [-0.15, -0.1) is 0 Å². The Labute approximate surface area is 141 Å². The molecule has 0 radical (unpaired) electrons. The number of para-hydroxylation sites is 1. The maximum Gasteiger partial charge on any atom is 0.258 e. The number of benzene rings is 2. The molecular weight excluding hydrogens is 302 g/mol. The molecule has 0 spiro atoms. The third-order valence-electron chi connectivity index (χ3n) is 3.84. The van der Waals surface area contributed by atoms with E-state index in [2.05, 4.69) is 4.98 Å². The number of aromatic nitrogens is 2. The van der Waals surface area contributed by atoms with Gasteiger partial charge in [-0.05, 0) is 36.4 Å². The zero-order chi connectivity index (χ0) is 16.9. The zero-order valence-corrected chi connectivity index (χ0v) is 13.7. The van der Waals surface area contributed by atoms with Crippen molar-refractivity contribution in [1.82, 2.24) is 9.55 Å². The minimum Gasteiger partial charge on any atom is -0.486 e. The van der Waals surface area contributed by atoms with Crippen LogP contribution in [-0.4, -0.2) is 22.5 Å². The molecule has 5 nitrogen and oxygen atoms in total. The fraction of sp³-hybridized carbons (Fsp3) is 0.158. The third kappa shape index (κ3) is 3.46. The van der Waals surface area contributed by atoms with Crippen molar-refractivity contribution in [2.75, 3.05) is 11.9 Å². The molecule has 3 aromatic rings. The summed E-state index contributed by atoms with van der Waals surface area (Å²) in [5.74, 6) is 1.49. The molecule has 5 heteroatoms. The van der Waals surface area contributed by atoms with Crippen LogP contribution in [0.4, 0.5) is 5.69 Å². The summed E-state index contributed by atoms with van der Waals surface area (Å²) in [5.41, 5.74) is 1.48. The smallest absolute Gasteiger partial charge is 0.258 e. The van der Waals surface area contributed by atoms with E-state index in [1.165, 1.54) is 0 Å². The Kier molecular flexibility index (Phi) is 4.61. The van der Waals surface area contributed by atoms with Gasteiger partial charge in [0.2, 0.25) is 0 Å². The van der Waals surface area contributed by atoms with E-state index in [-0.39, 0.29) is 5.91 Å². The number of hydrogen-bond acceptors (Lipinski definition) is 3. The summed E-state index contributed by atoms with van der Waals surface area (Å²) in [7, 11) is 3.69. The Morgan fingerprint density at radius 2 is 1.83 bits per heavy atom. The molecular formula is C19H19N3O2. The van der Waals surface area contributed by atoms with Crippen LogP contribution >= 0.6 is 0 Å². The summed E-state index contributed by atoms with van der Waals surface area (Å²) >= 11 is 0. The van der Waals surface area contributed by atoms with Gasteiger partial charge in [0.15, 0.2) is 0 Å². The average Bonchev–Trinajstić information content (AvgIpc) is 3.05. The fourth-order valence-electron chi connectivity index (χ4n) is 2.34. The quantitative estimate of drug-likeness (QED) is 0.724. The minimum atomic E-state index is -0.0585. The van der Waals surface area contributed by atoms with Crippen LogP contribution in [0.2, 0.25) is 0 Å². The SMILES string of the molecule is CN(C(=O)c1ccc(OCc2nccn2C)cc1)c1ccccc1. The van der Waals surface area contributed by atoms with Crippen LogP contribution in [0, 0.1) is 0 Å². The molecule has 0 aliphatic carbocycles. The standard InChI is InChI=1S/C19H19N3O2/c1-21-13-12-20-18(21)14-24-17-10-8-15(9-11-17)19(23)22(2)16-6-4-3-5-7-16/h3-13H,14H2,1-2H3. The van der Waals surface area contributed by atoms with Crippen molar-refractivity contribution in [3.63, 3.8) is 0 Å². The fourth-order valence-corrected chi connectivity index (χ4v) is 2.34.